The second-order valence-electron chi connectivity index (χ2n) is 12.5. The Morgan fingerprint density at radius 1 is 0.865 bits per heavy atom. The summed E-state index contributed by atoms with van der Waals surface area (Å²) in [4.78, 5) is 27.2. The van der Waals surface area contributed by atoms with Crippen LogP contribution >= 0.6 is 0 Å². The average molecular weight is 528 g/mol. The second kappa shape index (κ2) is 9.09. The summed E-state index contributed by atoms with van der Waals surface area (Å²) in [6.45, 7) is 9.12. The zero-order valence-electron chi connectivity index (χ0n) is 22.5. The molecule has 200 valence electrons. The van der Waals surface area contributed by atoms with Gasteiger partial charge < -0.3 is 9.47 Å². The summed E-state index contributed by atoms with van der Waals surface area (Å²) in [5.74, 6) is 0.760. The topological polar surface area (TPSA) is 90.0 Å². The van der Waals surface area contributed by atoms with Crippen molar-refractivity contribution >= 4 is 21.6 Å². The van der Waals surface area contributed by atoms with E-state index in [0.29, 0.717) is 67.0 Å². The first-order chi connectivity index (χ1) is 17.3. The van der Waals surface area contributed by atoms with E-state index in [2.05, 4.69) is 0 Å². The molecule has 7 nitrogen and oxygen atoms in total. The Labute approximate surface area is 219 Å². The Morgan fingerprint density at radius 3 is 1.92 bits per heavy atom. The van der Waals surface area contributed by atoms with Crippen LogP contribution < -0.4 is 4.74 Å². The first kappa shape index (κ1) is 26.2. The predicted molar refractivity (Wildman–Crippen MR) is 140 cm³/mol. The lowest BCUT2D eigenvalue weighted by Crippen LogP contribution is -2.38. The Kier molecular flexibility index (Phi) is 6.43. The highest BCUT2D eigenvalue weighted by Gasteiger charge is 2.48. The summed E-state index contributed by atoms with van der Waals surface area (Å²) in [6.07, 6.45) is 4.53. The highest BCUT2D eigenvalue weighted by atomic mass is 32.2. The molecule has 4 aliphatic rings. The summed E-state index contributed by atoms with van der Waals surface area (Å²) in [5, 5.41) is 0. The number of sulfonamides is 1. The monoisotopic (exact) mass is 527 g/mol. The van der Waals surface area contributed by atoms with Gasteiger partial charge >= 0.3 is 0 Å². The van der Waals surface area contributed by atoms with Gasteiger partial charge in [-0.25, -0.2) is 8.42 Å². The van der Waals surface area contributed by atoms with Crippen molar-refractivity contribution in [3.05, 3.63) is 46.4 Å². The molecule has 1 aromatic carbocycles. The highest BCUT2D eigenvalue weighted by molar-refractivity contribution is 7.89. The molecule has 2 heterocycles. The van der Waals surface area contributed by atoms with Gasteiger partial charge in [0, 0.05) is 55.8 Å². The van der Waals surface area contributed by atoms with E-state index in [1.807, 2.05) is 27.7 Å². The number of carbonyl (C=O) groups is 2. The van der Waals surface area contributed by atoms with Crippen LogP contribution in [0.15, 0.2) is 45.8 Å². The number of allylic oxidation sites excluding steroid dienone is 4. The number of hydrogen-bond acceptors (Lipinski definition) is 6. The Hall–Kier alpha value is -2.45. The van der Waals surface area contributed by atoms with Crippen LogP contribution in [0.2, 0.25) is 0 Å². The van der Waals surface area contributed by atoms with Gasteiger partial charge in [0.1, 0.15) is 22.2 Å². The molecule has 1 aromatic rings. The molecule has 0 spiro atoms. The first-order valence-electron chi connectivity index (χ1n) is 13.2. The molecule has 0 atom stereocenters. The molecule has 0 aromatic heterocycles. The lowest BCUT2D eigenvalue weighted by molar-refractivity contribution is -0.120. The summed E-state index contributed by atoms with van der Waals surface area (Å²) in [6, 6.07) is 5.06. The minimum Gasteiger partial charge on any atom is -0.495 e. The van der Waals surface area contributed by atoms with Crippen LogP contribution in [0.4, 0.5) is 0 Å². The predicted octanol–water partition coefficient (Wildman–Crippen LogP) is 5.27. The minimum atomic E-state index is -3.81. The summed E-state index contributed by atoms with van der Waals surface area (Å²) in [7, 11) is -2.36. The fourth-order valence-corrected chi connectivity index (χ4v) is 8.03. The molecule has 8 heteroatoms. The molecule has 0 unspecified atom stereocenters. The van der Waals surface area contributed by atoms with Crippen LogP contribution in [0.5, 0.6) is 5.75 Å². The number of ether oxygens (including phenoxy) is 2. The second-order valence-corrected chi connectivity index (χ2v) is 14.4. The fraction of sp³-hybridized carbons (Fsp3) is 0.586. The molecule has 0 amide bonds. The maximum Gasteiger partial charge on any atom is 0.246 e. The maximum absolute atomic E-state index is 13.7. The van der Waals surface area contributed by atoms with E-state index in [1.54, 1.807) is 18.2 Å². The van der Waals surface area contributed by atoms with Crippen LogP contribution in [0.3, 0.4) is 0 Å². The third kappa shape index (κ3) is 4.67. The van der Waals surface area contributed by atoms with Gasteiger partial charge in [-0.3, -0.25) is 9.59 Å². The van der Waals surface area contributed by atoms with Crippen LogP contribution in [0.25, 0.3) is 0 Å². The number of methoxy groups -OCH3 is 1. The third-order valence-electron chi connectivity index (χ3n) is 8.04. The van der Waals surface area contributed by atoms with Crippen LogP contribution in [0, 0.1) is 10.8 Å². The number of Topliss-reactive ketones (excluding diaryl/α,β-unsaturated/α-hetero) is 2. The molecule has 37 heavy (non-hydrogen) atoms. The van der Waals surface area contributed by atoms with Crippen molar-refractivity contribution in [3.8, 4) is 5.75 Å². The smallest absolute Gasteiger partial charge is 0.246 e. The molecular weight excluding hydrogens is 490 g/mol. The van der Waals surface area contributed by atoms with Crippen LogP contribution in [0.1, 0.15) is 84.1 Å². The van der Waals surface area contributed by atoms with E-state index < -0.39 is 15.9 Å². The molecular formula is C29H37NO6S. The van der Waals surface area contributed by atoms with Crippen LogP contribution in [-0.4, -0.2) is 44.5 Å². The lowest BCUT2D eigenvalue weighted by Gasteiger charge is -2.42. The van der Waals surface area contributed by atoms with Crippen molar-refractivity contribution in [2.45, 2.75) is 83.5 Å². The number of piperidine rings is 1. The van der Waals surface area contributed by atoms with Gasteiger partial charge in [0.15, 0.2) is 11.6 Å². The van der Waals surface area contributed by atoms with Crippen LogP contribution in [-0.2, 0) is 24.3 Å². The molecule has 5 rings (SSSR count). The number of rotatable bonds is 4. The van der Waals surface area contributed by atoms with Gasteiger partial charge in [0.2, 0.25) is 10.0 Å². The Morgan fingerprint density at radius 2 is 1.41 bits per heavy atom. The number of ketones is 2. The number of hydrogen-bond donors (Lipinski definition) is 0. The number of nitrogens with zero attached hydrogens (tertiary/aromatic N) is 1. The molecule has 1 fully saturated rings. The van der Waals surface area contributed by atoms with Crippen molar-refractivity contribution < 1.29 is 27.5 Å². The minimum absolute atomic E-state index is 0.0447. The van der Waals surface area contributed by atoms with E-state index >= 15 is 0 Å². The van der Waals surface area contributed by atoms with Crippen molar-refractivity contribution in [1.29, 1.82) is 0 Å². The number of benzene rings is 1. The zero-order valence-corrected chi connectivity index (χ0v) is 23.3. The highest BCUT2D eigenvalue weighted by Crippen LogP contribution is 2.53. The molecule has 1 saturated heterocycles. The summed E-state index contributed by atoms with van der Waals surface area (Å²) in [5.41, 5.74) is 1.10. The van der Waals surface area contributed by atoms with Crippen molar-refractivity contribution in [2.75, 3.05) is 20.2 Å². The fourth-order valence-electron chi connectivity index (χ4n) is 6.33. The SMILES string of the molecule is COc1ccc(C2C3=C(CC(C)(C)CC3=O)OC3=C2C(=O)CC(C)(C)C3)cc1S(=O)(=O)N1CCCCC1. The molecule has 0 N–H and O–H groups in total. The van der Waals surface area contributed by atoms with E-state index in [0.717, 1.165) is 19.3 Å². The number of carbonyl (C=O) groups excluding carboxylic acids is 2. The standard InChI is InChI=1S/C29H37NO6S/c1-28(2)14-19(31)26-22(16-28)36-23-17-29(3,4)15-20(32)27(23)25(26)18-9-10-21(35-5)24(13-18)37(33,34)30-11-7-6-8-12-30/h9-10,13,25H,6-8,11-12,14-17H2,1-5H3. The van der Waals surface area contributed by atoms with E-state index in [1.165, 1.54) is 11.4 Å². The molecule has 0 saturated carbocycles. The van der Waals surface area contributed by atoms with Gasteiger partial charge in [-0.15, -0.1) is 0 Å². The first-order valence-corrected chi connectivity index (χ1v) is 14.7. The van der Waals surface area contributed by atoms with E-state index in [9.17, 15) is 18.0 Å². The summed E-state index contributed by atoms with van der Waals surface area (Å²) < 4.78 is 40.8. The summed E-state index contributed by atoms with van der Waals surface area (Å²) >= 11 is 0. The van der Waals surface area contributed by atoms with Crippen molar-refractivity contribution in [1.82, 2.24) is 4.31 Å². The third-order valence-corrected chi connectivity index (χ3v) is 9.96. The van der Waals surface area contributed by atoms with E-state index in [4.69, 9.17) is 9.47 Å². The van der Waals surface area contributed by atoms with Gasteiger partial charge in [0.25, 0.3) is 0 Å². The lowest BCUT2D eigenvalue weighted by atomic mass is 9.65. The van der Waals surface area contributed by atoms with Gasteiger partial charge in [-0.1, -0.05) is 40.2 Å². The molecule has 0 radical (unpaired) electrons. The molecule has 2 aliphatic heterocycles. The largest absolute Gasteiger partial charge is 0.495 e. The van der Waals surface area contributed by atoms with Gasteiger partial charge in [0.05, 0.1) is 7.11 Å². The van der Waals surface area contributed by atoms with Gasteiger partial charge in [-0.05, 0) is 41.4 Å². The van der Waals surface area contributed by atoms with Crippen molar-refractivity contribution in [2.24, 2.45) is 10.8 Å². The normalized spacial score (nSPS) is 24.5. The average Bonchev–Trinajstić information content (AvgIpc) is 2.81. The quantitative estimate of drug-likeness (QED) is 0.530. The van der Waals surface area contributed by atoms with Crippen molar-refractivity contribution in [3.63, 3.8) is 0 Å². The van der Waals surface area contributed by atoms with Gasteiger partial charge in [-0.2, -0.15) is 4.31 Å². The maximum atomic E-state index is 13.7. The Bertz CT molecular complexity index is 1280. The Balaban J connectivity index is 1.69. The zero-order chi connectivity index (χ0) is 26.8. The van der Waals surface area contributed by atoms with E-state index in [-0.39, 0.29) is 33.0 Å². The molecule has 0 bridgehead atoms. The molecule has 2 aliphatic carbocycles.